The highest BCUT2D eigenvalue weighted by molar-refractivity contribution is 6.55. The lowest BCUT2D eigenvalue weighted by Crippen LogP contribution is -2.35. The lowest BCUT2D eigenvalue weighted by molar-refractivity contribution is -0.133. The van der Waals surface area contributed by atoms with E-state index in [9.17, 15) is 4.79 Å². The second-order valence-electron chi connectivity index (χ2n) is 4.98. The summed E-state index contributed by atoms with van der Waals surface area (Å²) in [5, 5.41) is 0.254. The van der Waals surface area contributed by atoms with Crippen LogP contribution in [0.2, 0.25) is 25.1 Å². The standard InChI is InChI=1S/C14H14Cl5NO2/c15-9-10(16)12(18)14(13(19)11(9)17)22-7-8(21)20-5-3-1-2-4-6-20/h1-7H2. The van der Waals surface area contributed by atoms with E-state index in [-0.39, 0.29) is 43.4 Å². The molecule has 1 heterocycles. The van der Waals surface area contributed by atoms with E-state index in [0.717, 1.165) is 38.8 Å². The third-order valence-corrected chi connectivity index (χ3v) is 5.71. The second kappa shape index (κ2) is 8.16. The van der Waals surface area contributed by atoms with E-state index in [0.29, 0.717) is 0 Å². The van der Waals surface area contributed by atoms with Crippen molar-refractivity contribution in [2.24, 2.45) is 0 Å². The SMILES string of the molecule is O=C(COc1c(Cl)c(Cl)c(Cl)c(Cl)c1Cl)N1CCCCCC1. The lowest BCUT2D eigenvalue weighted by Gasteiger charge is -2.21. The minimum absolute atomic E-state index is 0.0460. The van der Waals surface area contributed by atoms with Gasteiger partial charge in [-0.2, -0.15) is 0 Å². The van der Waals surface area contributed by atoms with E-state index >= 15 is 0 Å². The molecular weight excluding hydrogens is 391 g/mol. The molecule has 0 aromatic heterocycles. The number of amides is 1. The van der Waals surface area contributed by atoms with Crippen LogP contribution in [0.25, 0.3) is 0 Å². The molecule has 122 valence electrons. The maximum absolute atomic E-state index is 12.2. The molecule has 3 nitrogen and oxygen atoms in total. The fourth-order valence-electron chi connectivity index (χ4n) is 2.26. The van der Waals surface area contributed by atoms with Crippen LogP contribution < -0.4 is 4.74 Å². The van der Waals surface area contributed by atoms with Crippen LogP contribution in [0.3, 0.4) is 0 Å². The predicted molar refractivity (Wildman–Crippen MR) is 92.0 cm³/mol. The van der Waals surface area contributed by atoms with Gasteiger partial charge < -0.3 is 9.64 Å². The van der Waals surface area contributed by atoms with E-state index in [1.807, 2.05) is 0 Å². The highest BCUT2D eigenvalue weighted by Crippen LogP contribution is 2.48. The number of carbonyl (C=O) groups is 1. The highest BCUT2D eigenvalue weighted by atomic mass is 35.5. The summed E-state index contributed by atoms with van der Waals surface area (Å²) in [5.74, 6) is -0.0397. The number of carbonyl (C=O) groups excluding carboxylic acids is 1. The normalized spacial score (nSPS) is 15.6. The van der Waals surface area contributed by atoms with Crippen molar-refractivity contribution in [3.8, 4) is 5.75 Å². The zero-order chi connectivity index (χ0) is 16.3. The van der Waals surface area contributed by atoms with Gasteiger partial charge in [-0.15, -0.1) is 0 Å². The monoisotopic (exact) mass is 403 g/mol. The molecule has 0 radical (unpaired) electrons. The van der Waals surface area contributed by atoms with Gasteiger partial charge in [-0.3, -0.25) is 4.79 Å². The number of benzene rings is 1. The smallest absolute Gasteiger partial charge is 0.260 e. The summed E-state index contributed by atoms with van der Waals surface area (Å²) in [6.45, 7) is 1.31. The zero-order valence-corrected chi connectivity index (χ0v) is 15.4. The van der Waals surface area contributed by atoms with E-state index < -0.39 is 0 Å². The van der Waals surface area contributed by atoms with Crippen LogP contribution in [0, 0.1) is 0 Å². The highest BCUT2D eigenvalue weighted by Gasteiger charge is 2.22. The number of likely N-dealkylation sites (tertiary alicyclic amines) is 1. The molecule has 1 aliphatic heterocycles. The van der Waals surface area contributed by atoms with Crippen LogP contribution >= 0.6 is 58.0 Å². The van der Waals surface area contributed by atoms with Gasteiger partial charge >= 0.3 is 0 Å². The number of hydrogen-bond donors (Lipinski definition) is 0. The summed E-state index contributed by atoms with van der Waals surface area (Å²) in [5.41, 5.74) is 0. The Hall–Kier alpha value is -0.0600. The second-order valence-corrected chi connectivity index (χ2v) is 6.87. The number of rotatable bonds is 3. The summed E-state index contributed by atoms with van der Waals surface area (Å²) in [4.78, 5) is 14.0. The fraction of sp³-hybridized carbons (Fsp3) is 0.500. The molecule has 1 aliphatic rings. The first kappa shape index (κ1) is 18.3. The molecule has 0 spiro atoms. The van der Waals surface area contributed by atoms with Crippen LogP contribution in [0.1, 0.15) is 25.7 Å². The van der Waals surface area contributed by atoms with E-state index in [1.165, 1.54) is 0 Å². The van der Waals surface area contributed by atoms with Gasteiger partial charge in [0.1, 0.15) is 10.0 Å². The van der Waals surface area contributed by atoms with Gasteiger partial charge in [-0.25, -0.2) is 0 Å². The lowest BCUT2D eigenvalue weighted by atomic mass is 10.2. The van der Waals surface area contributed by atoms with E-state index in [2.05, 4.69) is 0 Å². The maximum atomic E-state index is 12.2. The summed E-state index contributed by atoms with van der Waals surface area (Å²) in [6.07, 6.45) is 4.30. The Morgan fingerprint density at radius 1 is 0.818 bits per heavy atom. The summed E-state index contributed by atoms with van der Waals surface area (Å²) >= 11 is 29.9. The van der Waals surface area contributed by atoms with Crippen molar-refractivity contribution < 1.29 is 9.53 Å². The van der Waals surface area contributed by atoms with Crippen LogP contribution in [0.15, 0.2) is 0 Å². The Labute approximate surface area is 154 Å². The van der Waals surface area contributed by atoms with Crippen molar-refractivity contribution in [3.63, 3.8) is 0 Å². The van der Waals surface area contributed by atoms with Crippen LogP contribution in [0.5, 0.6) is 5.75 Å². The predicted octanol–water partition coefficient (Wildman–Crippen LogP) is 5.74. The quantitative estimate of drug-likeness (QED) is 0.474. The summed E-state index contributed by atoms with van der Waals surface area (Å²) < 4.78 is 5.46. The summed E-state index contributed by atoms with van der Waals surface area (Å²) in [7, 11) is 0. The first-order valence-corrected chi connectivity index (χ1v) is 8.74. The van der Waals surface area contributed by atoms with Gasteiger partial charge in [0.15, 0.2) is 12.4 Å². The topological polar surface area (TPSA) is 29.5 Å². The average Bonchev–Trinajstić information content (AvgIpc) is 2.80. The molecule has 0 saturated carbocycles. The number of halogens is 5. The third kappa shape index (κ3) is 4.07. The molecule has 0 N–H and O–H groups in total. The fourth-order valence-corrected chi connectivity index (χ4v) is 3.49. The van der Waals surface area contributed by atoms with Gasteiger partial charge in [0, 0.05) is 13.1 Å². The Morgan fingerprint density at radius 2 is 1.27 bits per heavy atom. The maximum Gasteiger partial charge on any atom is 0.260 e. The Balaban J connectivity index is 2.09. The van der Waals surface area contributed by atoms with Gasteiger partial charge in [0.05, 0.1) is 15.1 Å². The van der Waals surface area contributed by atoms with Crippen LogP contribution in [-0.4, -0.2) is 30.5 Å². The van der Waals surface area contributed by atoms with Crippen molar-refractivity contribution in [2.45, 2.75) is 25.7 Å². The van der Waals surface area contributed by atoms with Gasteiger partial charge in [-0.1, -0.05) is 70.8 Å². The van der Waals surface area contributed by atoms with Crippen molar-refractivity contribution in [1.29, 1.82) is 0 Å². The summed E-state index contributed by atoms with van der Waals surface area (Å²) in [6, 6.07) is 0. The molecule has 0 aliphatic carbocycles. The zero-order valence-electron chi connectivity index (χ0n) is 11.6. The average molecular weight is 406 g/mol. The third-order valence-electron chi connectivity index (χ3n) is 3.47. The Morgan fingerprint density at radius 3 is 1.77 bits per heavy atom. The van der Waals surface area contributed by atoms with E-state index in [4.69, 9.17) is 62.7 Å². The number of ether oxygens (including phenoxy) is 1. The van der Waals surface area contributed by atoms with E-state index in [1.54, 1.807) is 4.90 Å². The van der Waals surface area contributed by atoms with Crippen molar-refractivity contribution in [3.05, 3.63) is 25.1 Å². The molecule has 1 aromatic carbocycles. The number of hydrogen-bond acceptors (Lipinski definition) is 2. The molecule has 1 amide bonds. The first-order valence-electron chi connectivity index (χ1n) is 6.85. The van der Waals surface area contributed by atoms with Gasteiger partial charge in [0.25, 0.3) is 5.91 Å². The van der Waals surface area contributed by atoms with Crippen molar-refractivity contribution in [2.75, 3.05) is 19.7 Å². The Kier molecular flexibility index (Phi) is 6.78. The molecule has 0 atom stereocenters. The van der Waals surface area contributed by atoms with Gasteiger partial charge in [-0.05, 0) is 12.8 Å². The molecule has 22 heavy (non-hydrogen) atoms. The molecule has 0 unspecified atom stereocenters. The number of nitrogens with zero attached hydrogens (tertiary/aromatic N) is 1. The molecule has 1 fully saturated rings. The molecule has 0 bridgehead atoms. The molecule has 8 heteroatoms. The first-order chi connectivity index (χ1) is 10.4. The van der Waals surface area contributed by atoms with Crippen molar-refractivity contribution >= 4 is 63.9 Å². The molecule has 1 aromatic rings. The minimum atomic E-state index is -0.173. The van der Waals surface area contributed by atoms with Crippen molar-refractivity contribution in [1.82, 2.24) is 4.90 Å². The largest absolute Gasteiger partial charge is 0.481 e. The molecular formula is C14H14Cl5NO2. The molecule has 2 rings (SSSR count). The van der Waals surface area contributed by atoms with Crippen LogP contribution in [-0.2, 0) is 4.79 Å². The molecule has 1 saturated heterocycles. The minimum Gasteiger partial charge on any atom is -0.481 e. The van der Waals surface area contributed by atoms with Gasteiger partial charge in [0.2, 0.25) is 0 Å². The Bertz CT molecular complexity index is 542. The van der Waals surface area contributed by atoms with Crippen LogP contribution in [0.4, 0.5) is 0 Å².